The zero-order chi connectivity index (χ0) is 14.8. The summed E-state index contributed by atoms with van der Waals surface area (Å²) in [6, 6.07) is 0.383. The molecule has 0 aliphatic heterocycles. The first-order valence-corrected chi connectivity index (χ1v) is 7.91. The third-order valence-corrected chi connectivity index (χ3v) is 3.62. The van der Waals surface area contributed by atoms with E-state index in [1.807, 2.05) is 0 Å². The molecule has 1 saturated carbocycles. The molecule has 4 N–H and O–H groups in total. The number of halogens is 1. The molecule has 0 radical (unpaired) electrons. The second-order valence-corrected chi connectivity index (χ2v) is 6.03. The molecule has 1 aliphatic carbocycles. The van der Waals surface area contributed by atoms with Crippen LogP contribution in [0.25, 0.3) is 0 Å². The normalized spacial score (nSPS) is 16.4. The lowest BCUT2D eigenvalue weighted by Gasteiger charge is -2.22. The summed E-state index contributed by atoms with van der Waals surface area (Å²) in [6.45, 7) is 5.61. The Morgan fingerprint density at radius 3 is 2.57 bits per heavy atom. The number of guanidine groups is 1. The van der Waals surface area contributed by atoms with Crippen molar-refractivity contribution in [3.05, 3.63) is 0 Å². The number of nitrogens with zero attached hydrogens (tertiary/aromatic N) is 1. The molecule has 0 atom stereocenters. The van der Waals surface area contributed by atoms with Crippen molar-refractivity contribution in [1.82, 2.24) is 10.6 Å². The molecule has 124 valence electrons. The highest BCUT2D eigenvalue weighted by molar-refractivity contribution is 14.0. The first kappa shape index (κ1) is 20.5. The average Bonchev–Trinajstić information content (AvgIpc) is 2.39. The van der Waals surface area contributed by atoms with Crippen molar-refractivity contribution in [3.8, 4) is 0 Å². The predicted molar refractivity (Wildman–Crippen MR) is 99.0 cm³/mol. The van der Waals surface area contributed by atoms with E-state index in [4.69, 9.17) is 5.73 Å². The van der Waals surface area contributed by atoms with Crippen molar-refractivity contribution in [2.75, 3.05) is 13.1 Å². The maximum atomic E-state index is 11.8. The molecule has 1 aliphatic rings. The molecule has 5 nitrogen and oxygen atoms in total. The molecule has 0 saturated heterocycles. The van der Waals surface area contributed by atoms with Gasteiger partial charge in [-0.25, -0.2) is 0 Å². The van der Waals surface area contributed by atoms with Crippen molar-refractivity contribution in [2.45, 2.75) is 64.8 Å². The number of hydrogen-bond acceptors (Lipinski definition) is 2. The largest absolute Gasteiger partial charge is 0.370 e. The van der Waals surface area contributed by atoms with E-state index in [0.29, 0.717) is 30.9 Å². The van der Waals surface area contributed by atoms with Crippen molar-refractivity contribution in [2.24, 2.45) is 16.6 Å². The van der Waals surface area contributed by atoms with Gasteiger partial charge in [-0.1, -0.05) is 33.1 Å². The van der Waals surface area contributed by atoms with Crippen LogP contribution in [0.3, 0.4) is 0 Å². The third kappa shape index (κ3) is 10.8. The lowest BCUT2D eigenvalue weighted by molar-refractivity contribution is -0.121. The standard InChI is InChI=1S/C15H30N4O.HI/c1-12(2)8-10-17-15(16)18-11-9-14(20)19-13-6-4-3-5-7-13;/h12-13H,3-11H2,1-2H3,(H,19,20)(H3,16,17,18);1H. The molecule has 0 aromatic rings. The minimum Gasteiger partial charge on any atom is -0.370 e. The summed E-state index contributed by atoms with van der Waals surface area (Å²) >= 11 is 0. The van der Waals surface area contributed by atoms with E-state index in [-0.39, 0.29) is 29.9 Å². The fourth-order valence-corrected chi connectivity index (χ4v) is 2.35. The van der Waals surface area contributed by atoms with Crippen LogP contribution in [0.15, 0.2) is 4.99 Å². The van der Waals surface area contributed by atoms with Crippen LogP contribution in [0.1, 0.15) is 58.8 Å². The molecule has 0 aromatic heterocycles. The monoisotopic (exact) mass is 410 g/mol. The van der Waals surface area contributed by atoms with Crippen LogP contribution >= 0.6 is 24.0 Å². The van der Waals surface area contributed by atoms with Crippen molar-refractivity contribution in [3.63, 3.8) is 0 Å². The number of carbonyl (C=O) groups is 1. The van der Waals surface area contributed by atoms with Crippen LogP contribution in [-0.2, 0) is 4.79 Å². The van der Waals surface area contributed by atoms with Gasteiger partial charge in [0.25, 0.3) is 0 Å². The Kier molecular flexibility index (Phi) is 11.8. The summed E-state index contributed by atoms with van der Waals surface area (Å²) in [5.41, 5.74) is 5.74. The van der Waals surface area contributed by atoms with Crippen LogP contribution in [0.2, 0.25) is 0 Å². The van der Waals surface area contributed by atoms with E-state index in [1.54, 1.807) is 0 Å². The molecular formula is C15H31IN4O. The van der Waals surface area contributed by atoms with Crippen molar-refractivity contribution in [1.29, 1.82) is 0 Å². The van der Waals surface area contributed by atoms with Gasteiger partial charge in [-0.3, -0.25) is 9.79 Å². The molecule has 0 bridgehead atoms. The highest BCUT2D eigenvalue weighted by Gasteiger charge is 2.15. The quantitative estimate of drug-likeness (QED) is 0.343. The van der Waals surface area contributed by atoms with Crippen LogP contribution in [0.5, 0.6) is 0 Å². The number of rotatable bonds is 7. The third-order valence-electron chi connectivity index (χ3n) is 3.62. The van der Waals surface area contributed by atoms with Gasteiger partial charge in [0, 0.05) is 25.6 Å². The summed E-state index contributed by atoms with van der Waals surface area (Å²) in [4.78, 5) is 16.0. The molecule has 0 spiro atoms. The summed E-state index contributed by atoms with van der Waals surface area (Å²) in [5.74, 6) is 1.18. The van der Waals surface area contributed by atoms with E-state index in [0.717, 1.165) is 25.8 Å². The van der Waals surface area contributed by atoms with Crippen LogP contribution in [0.4, 0.5) is 0 Å². The number of amides is 1. The lowest BCUT2D eigenvalue weighted by atomic mass is 9.95. The number of hydrogen-bond donors (Lipinski definition) is 3. The molecule has 21 heavy (non-hydrogen) atoms. The molecule has 1 amide bonds. The van der Waals surface area contributed by atoms with Gasteiger partial charge in [-0.15, -0.1) is 24.0 Å². The topological polar surface area (TPSA) is 79.5 Å². The van der Waals surface area contributed by atoms with Gasteiger partial charge in [-0.05, 0) is 25.2 Å². The maximum Gasteiger partial charge on any atom is 0.221 e. The number of nitrogens with one attached hydrogen (secondary N) is 2. The van der Waals surface area contributed by atoms with Gasteiger partial charge in [0.15, 0.2) is 5.96 Å². The Labute approximate surface area is 145 Å². The van der Waals surface area contributed by atoms with Crippen LogP contribution in [0, 0.1) is 5.92 Å². The number of nitrogens with two attached hydrogens (primary N) is 1. The van der Waals surface area contributed by atoms with Gasteiger partial charge in [0.1, 0.15) is 0 Å². The van der Waals surface area contributed by atoms with Crippen LogP contribution in [-0.4, -0.2) is 31.0 Å². The Balaban J connectivity index is 0.00000400. The van der Waals surface area contributed by atoms with Crippen LogP contribution < -0.4 is 16.4 Å². The Bertz CT molecular complexity index is 315. The van der Waals surface area contributed by atoms with Gasteiger partial charge in [0.05, 0.1) is 0 Å². The average molecular weight is 410 g/mol. The predicted octanol–water partition coefficient (Wildman–Crippen LogP) is 2.39. The molecule has 6 heteroatoms. The summed E-state index contributed by atoms with van der Waals surface area (Å²) in [6.07, 6.45) is 7.51. The van der Waals surface area contributed by atoms with E-state index in [9.17, 15) is 4.79 Å². The first-order chi connectivity index (χ1) is 9.58. The Hall–Kier alpha value is -0.530. The number of carbonyl (C=O) groups excluding carboxylic acids is 1. The van der Waals surface area contributed by atoms with E-state index in [1.165, 1.54) is 19.3 Å². The summed E-state index contributed by atoms with van der Waals surface area (Å²) < 4.78 is 0. The van der Waals surface area contributed by atoms with Gasteiger partial charge >= 0.3 is 0 Å². The number of aliphatic imine (C=N–C) groups is 1. The highest BCUT2D eigenvalue weighted by atomic mass is 127. The SMILES string of the molecule is CC(C)CCN=C(N)NCCC(=O)NC1CCCCC1.I. The molecule has 1 fully saturated rings. The van der Waals surface area contributed by atoms with E-state index in [2.05, 4.69) is 29.5 Å². The minimum absolute atomic E-state index is 0. The zero-order valence-corrected chi connectivity index (χ0v) is 15.7. The fraction of sp³-hybridized carbons (Fsp3) is 0.867. The summed E-state index contributed by atoms with van der Waals surface area (Å²) in [7, 11) is 0. The molecular weight excluding hydrogens is 379 g/mol. The Morgan fingerprint density at radius 2 is 1.95 bits per heavy atom. The fourth-order valence-electron chi connectivity index (χ4n) is 2.35. The van der Waals surface area contributed by atoms with E-state index >= 15 is 0 Å². The molecule has 1 rings (SSSR count). The van der Waals surface area contributed by atoms with Gasteiger partial charge in [0.2, 0.25) is 5.91 Å². The Morgan fingerprint density at radius 1 is 1.29 bits per heavy atom. The smallest absolute Gasteiger partial charge is 0.221 e. The molecule has 0 heterocycles. The van der Waals surface area contributed by atoms with Gasteiger partial charge < -0.3 is 16.4 Å². The first-order valence-electron chi connectivity index (χ1n) is 7.91. The van der Waals surface area contributed by atoms with E-state index < -0.39 is 0 Å². The van der Waals surface area contributed by atoms with Crippen molar-refractivity contribution >= 4 is 35.8 Å². The highest BCUT2D eigenvalue weighted by Crippen LogP contribution is 2.17. The second kappa shape index (κ2) is 12.1. The molecule has 0 aromatic carbocycles. The minimum atomic E-state index is 0. The summed E-state index contributed by atoms with van der Waals surface area (Å²) in [5, 5.41) is 6.08. The zero-order valence-electron chi connectivity index (χ0n) is 13.4. The van der Waals surface area contributed by atoms with Crippen molar-refractivity contribution < 1.29 is 4.79 Å². The second-order valence-electron chi connectivity index (χ2n) is 6.03. The molecule has 0 unspecified atom stereocenters. The lowest BCUT2D eigenvalue weighted by Crippen LogP contribution is -2.39. The maximum absolute atomic E-state index is 11.8. The van der Waals surface area contributed by atoms with Gasteiger partial charge in [-0.2, -0.15) is 0 Å².